The van der Waals surface area contributed by atoms with Crippen molar-refractivity contribution >= 4 is 56.9 Å². The van der Waals surface area contributed by atoms with Gasteiger partial charge in [0, 0.05) is 17.8 Å². The van der Waals surface area contributed by atoms with Crippen LogP contribution in [0.3, 0.4) is 0 Å². The largest absolute Gasteiger partial charge is 0.455 e. The van der Waals surface area contributed by atoms with Crippen molar-refractivity contribution in [1.29, 1.82) is 0 Å². The minimum atomic E-state index is -1.41. The number of fused-ring (bicyclic) bond motifs is 1. The van der Waals surface area contributed by atoms with Crippen LogP contribution in [0.2, 0.25) is 5.02 Å². The number of amides is 3. The molecule has 2 bridgehead atoms. The number of hydrogen-bond donors (Lipinski definition) is 2. The van der Waals surface area contributed by atoms with E-state index in [9.17, 15) is 24.3 Å². The number of carbonyl (C=O) groups is 4. The van der Waals surface area contributed by atoms with E-state index in [4.69, 9.17) is 21.1 Å². The Balaban J connectivity index is 1.55. The number of carbonyl (C=O) groups excluding carboxylic acids is 4. The molecular formula is C38H45BrClN3O7. The van der Waals surface area contributed by atoms with Crippen LogP contribution in [0.5, 0.6) is 0 Å². The number of halogens is 2. The SMILES string of the molecule is C=CCCC(=O)N[C@@H](C)[C@H](OC(=O)[C@@H]1[C@H]2O[C@@]3(CC2Br)[C@H](C(=O)N(CC=C)c2ccccc2Cl)N([C@@H](CO)C(C)C)C(=O)[C@@H]13)c1ccccc1. The van der Waals surface area contributed by atoms with Crippen LogP contribution < -0.4 is 10.2 Å². The molecule has 0 aromatic heterocycles. The molecule has 10 nitrogen and oxygen atoms in total. The topological polar surface area (TPSA) is 125 Å². The minimum absolute atomic E-state index is 0.0924. The van der Waals surface area contributed by atoms with Gasteiger partial charge in [-0.25, -0.2) is 0 Å². The summed E-state index contributed by atoms with van der Waals surface area (Å²) in [7, 11) is 0. The summed E-state index contributed by atoms with van der Waals surface area (Å²) in [6.45, 7) is 12.7. The lowest BCUT2D eigenvalue weighted by Crippen LogP contribution is -2.60. The van der Waals surface area contributed by atoms with E-state index in [-0.39, 0.29) is 36.0 Å². The molecule has 0 radical (unpaired) electrons. The van der Waals surface area contributed by atoms with Crippen LogP contribution in [0.25, 0.3) is 0 Å². The molecular weight excluding hydrogens is 726 g/mol. The minimum Gasteiger partial charge on any atom is -0.455 e. The summed E-state index contributed by atoms with van der Waals surface area (Å²) in [6.07, 6.45) is 2.57. The summed E-state index contributed by atoms with van der Waals surface area (Å²) in [5.41, 5.74) is -0.309. The molecule has 3 aliphatic rings. The fraction of sp³-hybridized carbons (Fsp3) is 0.474. The molecule has 2 N–H and O–H groups in total. The number of aliphatic hydroxyl groups is 1. The van der Waals surface area contributed by atoms with Crippen molar-refractivity contribution < 1.29 is 33.8 Å². The van der Waals surface area contributed by atoms with Crippen LogP contribution in [-0.4, -0.2) is 81.5 Å². The number of rotatable bonds is 15. The Morgan fingerprint density at radius 1 is 1.14 bits per heavy atom. The van der Waals surface area contributed by atoms with Crippen molar-refractivity contribution in [3.8, 4) is 0 Å². The zero-order valence-corrected chi connectivity index (χ0v) is 30.9. The van der Waals surface area contributed by atoms with Crippen LogP contribution in [0.4, 0.5) is 5.69 Å². The van der Waals surface area contributed by atoms with Crippen LogP contribution in [-0.2, 0) is 28.7 Å². The number of alkyl halides is 1. The number of nitrogens with zero attached hydrogens (tertiary/aromatic N) is 2. The second kappa shape index (κ2) is 15.8. The lowest BCUT2D eigenvalue weighted by Gasteiger charge is -2.40. The first-order valence-electron chi connectivity index (χ1n) is 17.0. The summed E-state index contributed by atoms with van der Waals surface area (Å²) in [4.78, 5) is 59.4. The molecule has 1 spiro atoms. The summed E-state index contributed by atoms with van der Waals surface area (Å²) < 4.78 is 13.0. The van der Waals surface area contributed by atoms with Crippen molar-refractivity contribution in [2.45, 2.75) is 80.8 Å². The molecule has 5 rings (SSSR count). The molecule has 3 saturated heterocycles. The molecule has 3 fully saturated rings. The number of hydrogen-bond acceptors (Lipinski definition) is 7. The van der Waals surface area contributed by atoms with Crippen LogP contribution in [0.1, 0.15) is 51.7 Å². The first-order chi connectivity index (χ1) is 23.9. The lowest BCUT2D eigenvalue weighted by atomic mass is 9.70. The molecule has 12 heteroatoms. The Bertz CT molecular complexity index is 1610. The van der Waals surface area contributed by atoms with Crippen molar-refractivity contribution in [2.75, 3.05) is 18.1 Å². The van der Waals surface area contributed by atoms with Gasteiger partial charge in [-0.1, -0.05) is 96.0 Å². The van der Waals surface area contributed by atoms with E-state index in [0.717, 1.165) is 0 Å². The first-order valence-corrected chi connectivity index (χ1v) is 18.3. The van der Waals surface area contributed by atoms with E-state index in [1.54, 1.807) is 43.3 Å². The van der Waals surface area contributed by atoms with Gasteiger partial charge in [-0.05, 0) is 43.4 Å². The van der Waals surface area contributed by atoms with Crippen LogP contribution in [0.15, 0.2) is 79.9 Å². The highest BCUT2D eigenvalue weighted by atomic mass is 79.9. The summed E-state index contributed by atoms with van der Waals surface area (Å²) in [5, 5.41) is 13.9. The van der Waals surface area contributed by atoms with Gasteiger partial charge in [-0.3, -0.25) is 19.2 Å². The fourth-order valence-electron chi connectivity index (χ4n) is 7.79. The van der Waals surface area contributed by atoms with E-state index < -0.39 is 72.2 Å². The number of nitrogens with one attached hydrogen (secondary N) is 1. The number of ether oxygens (including phenoxy) is 2. The molecule has 9 atom stereocenters. The molecule has 50 heavy (non-hydrogen) atoms. The maximum absolute atomic E-state index is 14.9. The third-order valence-corrected chi connectivity index (χ3v) is 11.2. The summed E-state index contributed by atoms with van der Waals surface area (Å²) >= 11 is 10.3. The van der Waals surface area contributed by atoms with Crippen molar-refractivity contribution in [3.63, 3.8) is 0 Å². The van der Waals surface area contributed by atoms with E-state index in [0.29, 0.717) is 22.7 Å². The fourth-order valence-corrected chi connectivity index (χ4v) is 8.97. The van der Waals surface area contributed by atoms with Crippen LogP contribution >= 0.6 is 27.5 Å². The number of likely N-dealkylation sites (tertiary alicyclic amines) is 1. The van der Waals surface area contributed by atoms with E-state index >= 15 is 0 Å². The molecule has 0 saturated carbocycles. The zero-order chi connectivity index (χ0) is 36.3. The number of allylic oxidation sites excluding steroid dienone is 1. The van der Waals surface area contributed by atoms with Gasteiger partial charge in [0.1, 0.15) is 17.7 Å². The number of para-hydroxylation sites is 1. The third-order valence-electron chi connectivity index (χ3n) is 10.1. The zero-order valence-electron chi connectivity index (χ0n) is 28.5. The maximum atomic E-state index is 14.9. The Kier molecular flexibility index (Phi) is 11.9. The monoisotopic (exact) mass is 769 g/mol. The maximum Gasteiger partial charge on any atom is 0.313 e. The predicted molar refractivity (Wildman–Crippen MR) is 195 cm³/mol. The molecule has 0 aliphatic carbocycles. The van der Waals surface area contributed by atoms with E-state index in [2.05, 4.69) is 34.4 Å². The summed E-state index contributed by atoms with van der Waals surface area (Å²) in [6, 6.07) is 13.5. The number of benzene rings is 2. The van der Waals surface area contributed by atoms with Crippen molar-refractivity contribution in [1.82, 2.24) is 10.2 Å². The highest BCUT2D eigenvalue weighted by Crippen LogP contribution is 2.61. The van der Waals surface area contributed by atoms with Gasteiger partial charge in [-0.2, -0.15) is 0 Å². The first kappa shape index (κ1) is 37.7. The highest BCUT2D eigenvalue weighted by Gasteiger charge is 2.78. The normalized spacial score (nSPS) is 27.0. The predicted octanol–water partition coefficient (Wildman–Crippen LogP) is 5.38. The second-order valence-electron chi connectivity index (χ2n) is 13.5. The quantitative estimate of drug-likeness (QED) is 0.142. The van der Waals surface area contributed by atoms with Gasteiger partial charge in [0.2, 0.25) is 11.8 Å². The smallest absolute Gasteiger partial charge is 0.313 e. The average molecular weight is 771 g/mol. The van der Waals surface area contributed by atoms with Crippen molar-refractivity contribution in [2.24, 2.45) is 17.8 Å². The third kappa shape index (κ3) is 6.89. The molecule has 3 heterocycles. The van der Waals surface area contributed by atoms with Crippen LogP contribution in [0, 0.1) is 17.8 Å². The Morgan fingerprint density at radius 3 is 2.44 bits per heavy atom. The van der Waals surface area contributed by atoms with E-state index in [1.807, 2.05) is 44.2 Å². The highest BCUT2D eigenvalue weighted by molar-refractivity contribution is 9.09. The van der Waals surface area contributed by atoms with Gasteiger partial charge >= 0.3 is 5.97 Å². The van der Waals surface area contributed by atoms with Gasteiger partial charge in [0.25, 0.3) is 5.91 Å². The molecule has 1 unspecified atom stereocenters. The van der Waals surface area contributed by atoms with Gasteiger partial charge in [-0.15, -0.1) is 13.2 Å². The molecule has 268 valence electrons. The molecule has 3 aliphatic heterocycles. The number of aliphatic hydroxyl groups excluding tert-OH is 1. The second-order valence-corrected chi connectivity index (χ2v) is 15.1. The number of esters is 1. The lowest BCUT2D eigenvalue weighted by molar-refractivity contribution is -0.162. The summed E-state index contributed by atoms with van der Waals surface area (Å²) in [5.74, 6) is -4.19. The molecule has 3 amide bonds. The number of anilines is 1. The standard InChI is InChI=1S/C38H45BrClN3O7/c1-6-8-18-29(45)41-23(5)32(24-14-10-9-11-15-24)49-37(48)30-31-35(46)43(28(21-44)22(3)4)34(38(31)20-25(39)33(30)50-38)36(47)42(19-7-2)27-17-13-12-16-26(27)40/h6-7,9-17,22-23,25,28,30-34,44H,1-2,8,18-21H2,3-5H3,(H,41,45)/t23-,25?,28-,30-,31+,32-,33-,34-,38+/m0/s1. The van der Waals surface area contributed by atoms with Gasteiger partial charge in [0.15, 0.2) is 0 Å². The van der Waals surface area contributed by atoms with Crippen molar-refractivity contribution in [3.05, 3.63) is 90.5 Å². The Labute approximate surface area is 306 Å². The van der Waals surface area contributed by atoms with Gasteiger partial charge in [0.05, 0.1) is 47.3 Å². The Morgan fingerprint density at radius 2 is 1.82 bits per heavy atom. The van der Waals surface area contributed by atoms with Gasteiger partial charge < -0.3 is 29.7 Å². The molecule has 2 aromatic carbocycles. The molecule has 2 aromatic rings. The average Bonchev–Trinajstić information content (AvgIpc) is 3.69. The Hall–Kier alpha value is -3.51. The van der Waals surface area contributed by atoms with E-state index in [1.165, 1.54) is 9.80 Å².